The summed E-state index contributed by atoms with van der Waals surface area (Å²) in [7, 11) is 0. The number of fused-ring (bicyclic) bond motifs is 1. The fourth-order valence-electron chi connectivity index (χ4n) is 3.23. The molecule has 1 heterocycles. The van der Waals surface area contributed by atoms with Gasteiger partial charge in [0.1, 0.15) is 18.5 Å². The average Bonchev–Trinajstić information content (AvgIpc) is 2.52. The summed E-state index contributed by atoms with van der Waals surface area (Å²) in [5, 5.41) is 12.6. The molecule has 0 bridgehead atoms. The molecule has 0 unspecified atom stereocenters. The summed E-state index contributed by atoms with van der Waals surface area (Å²) in [5.41, 5.74) is 0. The Kier molecular flexibility index (Phi) is 5.16. The summed E-state index contributed by atoms with van der Waals surface area (Å²) in [6.07, 6.45) is -0.0707. The second-order valence-electron chi connectivity index (χ2n) is 6.45. The Bertz CT molecular complexity index is 635. The Morgan fingerprint density at radius 2 is 1.83 bits per heavy atom. The van der Waals surface area contributed by atoms with Gasteiger partial charge in [-0.05, 0) is 36.8 Å². The molecule has 4 nitrogen and oxygen atoms in total. The third-order valence-electron chi connectivity index (χ3n) is 4.13. The van der Waals surface area contributed by atoms with Crippen molar-refractivity contribution in [2.75, 3.05) is 26.2 Å². The van der Waals surface area contributed by atoms with Crippen LogP contribution in [-0.4, -0.2) is 54.6 Å². The average molecular weight is 315 g/mol. The van der Waals surface area contributed by atoms with E-state index in [4.69, 9.17) is 9.47 Å². The molecule has 0 aromatic heterocycles. The van der Waals surface area contributed by atoms with Crippen molar-refractivity contribution >= 4 is 10.8 Å². The number of benzene rings is 2. The van der Waals surface area contributed by atoms with E-state index in [1.54, 1.807) is 0 Å². The van der Waals surface area contributed by atoms with Crippen molar-refractivity contribution in [1.82, 2.24) is 4.90 Å². The van der Waals surface area contributed by atoms with E-state index in [0.29, 0.717) is 13.2 Å². The van der Waals surface area contributed by atoms with Crippen molar-refractivity contribution in [3.8, 4) is 5.75 Å². The third-order valence-corrected chi connectivity index (χ3v) is 4.13. The number of aliphatic hydroxyl groups is 1. The summed E-state index contributed by atoms with van der Waals surface area (Å²) in [4.78, 5) is 2.24. The standard InChI is InChI=1S/C19H25NO3/c1-14-10-20(11-15(2)23-14)12-18(21)13-22-19-8-7-16-5-3-4-6-17(16)9-19/h3-9,14-15,18,21H,10-13H2,1-2H3/t14-,15+,18-/m0/s1. The van der Waals surface area contributed by atoms with E-state index in [1.807, 2.05) is 30.3 Å². The Hall–Kier alpha value is -1.62. The third kappa shape index (κ3) is 4.44. The summed E-state index contributed by atoms with van der Waals surface area (Å²) in [5.74, 6) is 0.798. The van der Waals surface area contributed by atoms with Crippen molar-refractivity contribution in [2.24, 2.45) is 0 Å². The number of rotatable bonds is 5. The van der Waals surface area contributed by atoms with Crippen LogP contribution in [0.5, 0.6) is 5.75 Å². The largest absolute Gasteiger partial charge is 0.491 e. The second-order valence-corrected chi connectivity index (χ2v) is 6.45. The number of ether oxygens (including phenoxy) is 2. The van der Waals surface area contributed by atoms with E-state index < -0.39 is 6.10 Å². The maximum atomic E-state index is 10.2. The maximum Gasteiger partial charge on any atom is 0.120 e. The number of hydrogen-bond donors (Lipinski definition) is 1. The topological polar surface area (TPSA) is 41.9 Å². The van der Waals surface area contributed by atoms with E-state index in [1.165, 1.54) is 5.39 Å². The van der Waals surface area contributed by atoms with Gasteiger partial charge in [-0.3, -0.25) is 4.90 Å². The van der Waals surface area contributed by atoms with Crippen LogP contribution in [0.15, 0.2) is 42.5 Å². The van der Waals surface area contributed by atoms with Crippen molar-refractivity contribution in [3.63, 3.8) is 0 Å². The lowest BCUT2D eigenvalue weighted by atomic mass is 10.1. The van der Waals surface area contributed by atoms with Gasteiger partial charge >= 0.3 is 0 Å². The predicted octanol–water partition coefficient (Wildman–Crippen LogP) is 2.69. The van der Waals surface area contributed by atoms with Crippen LogP contribution in [0.3, 0.4) is 0 Å². The summed E-state index contributed by atoms with van der Waals surface area (Å²) < 4.78 is 11.5. The van der Waals surface area contributed by atoms with E-state index in [0.717, 1.165) is 24.2 Å². The molecule has 2 aromatic rings. The molecule has 4 heteroatoms. The molecule has 23 heavy (non-hydrogen) atoms. The molecule has 0 saturated carbocycles. The summed E-state index contributed by atoms with van der Waals surface area (Å²) >= 11 is 0. The number of morpholine rings is 1. The lowest BCUT2D eigenvalue weighted by molar-refractivity contribution is -0.0786. The fourth-order valence-corrected chi connectivity index (χ4v) is 3.23. The molecule has 0 spiro atoms. The van der Waals surface area contributed by atoms with Crippen LogP contribution in [0, 0.1) is 0 Å². The van der Waals surface area contributed by atoms with Crippen molar-refractivity contribution in [1.29, 1.82) is 0 Å². The molecule has 0 radical (unpaired) electrons. The molecular formula is C19H25NO3. The highest BCUT2D eigenvalue weighted by molar-refractivity contribution is 5.83. The molecule has 1 N–H and O–H groups in total. The predicted molar refractivity (Wildman–Crippen MR) is 91.9 cm³/mol. The molecule has 0 amide bonds. The van der Waals surface area contributed by atoms with E-state index in [2.05, 4.69) is 30.9 Å². The molecular weight excluding hydrogens is 290 g/mol. The number of hydrogen-bond acceptors (Lipinski definition) is 4. The van der Waals surface area contributed by atoms with Gasteiger partial charge in [-0.2, -0.15) is 0 Å². The molecule has 2 aromatic carbocycles. The first-order chi connectivity index (χ1) is 11.1. The SMILES string of the molecule is C[C@@H]1CN(C[C@H](O)COc2ccc3ccccc3c2)C[C@H](C)O1. The fraction of sp³-hybridized carbons (Fsp3) is 0.474. The minimum Gasteiger partial charge on any atom is -0.491 e. The number of aliphatic hydroxyl groups excluding tert-OH is 1. The lowest BCUT2D eigenvalue weighted by Crippen LogP contribution is -2.48. The van der Waals surface area contributed by atoms with Gasteiger partial charge in [0.2, 0.25) is 0 Å². The van der Waals surface area contributed by atoms with E-state index in [9.17, 15) is 5.11 Å². The van der Waals surface area contributed by atoms with Gasteiger partial charge in [0, 0.05) is 19.6 Å². The first-order valence-electron chi connectivity index (χ1n) is 8.27. The molecule has 1 fully saturated rings. The van der Waals surface area contributed by atoms with Gasteiger partial charge in [0.15, 0.2) is 0 Å². The Morgan fingerprint density at radius 3 is 2.57 bits per heavy atom. The second kappa shape index (κ2) is 7.30. The van der Waals surface area contributed by atoms with Gasteiger partial charge in [0.25, 0.3) is 0 Å². The van der Waals surface area contributed by atoms with Crippen LogP contribution < -0.4 is 4.74 Å². The van der Waals surface area contributed by atoms with Crippen molar-refractivity contribution < 1.29 is 14.6 Å². The van der Waals surface area contributed by atoms with Crippen molar-refractivity contribution in [2.45, 2.75) is 32.2 Å². The zero-order chi connectivity index (χ0) is 16.2. The van der Waals surface area contributed by atoms with Crippen LogP contribution in [0.2, 0.25) is 0 Å². The van der Waals surface area contributed by atoms with E-state index in [-0.39, 0.29) is 12.2 Å². The van der Waals surface area contributed by atoms with Gasteiger partial charge in [0.05, 0.1) is 12.2 Å². The van der Waals surface area contributed by atoms with E-state index >= 15 is 0 Å². The lowest BCUT2D eigenvalue weighted by Gasteiger charge is -2.36. The summed E-state index contributed by atoms with van der Waals surface area (Å²) in [6.45, 7) is 6.78. The normalized spacial score (nSPS) is 23.8. The highest BCUT2D eigenvalue weighted by Gasteiger charge is 2.23. The Labute approximate surface area is 137 Å². The zero-order valence-electron chi connectivity index (χ0n) is 13.8. The highest BCUT2D eigenvalue weighted by atomic mass is 16.5. The molecule has 1 aliphatic rings. The summed E-state index contributed by atoms with van der Waals surface area (Å²) in [6, 6.07) is 14.2. The smallest absolute Gasteiger partial charge is 0.120 e. The van der Waals surface area contributed by atoms with Crippen LogP contribution in [-0.2, 0) is 4.74 Å². The number of β-amino-alcohol motifs (C(OH)–C–C–N with tert-alkyl or cyclic N) is 1. The van der Waals surface area contributed by atoms with Crippen LogP contribution in [0.4, 0.5) is 0 Å². The zero-order valence-corrected chi connectivity index (χ0v) is 13.8. The monoisotopic (exact) mass is 315 g/mol. The number of nitrogens with zero attached hydrogens (tertiary/aromatic N) is 1. The maximum absolute atomic E-state index is 10.2. The first-order valence-corrected chi connectivity index (χ1v) is 8.27. The first kappa shape index (κ1) is 16.2. The molecule has 124 valence electrons. The molecule has 1 saturated heterocycles. The van der Waals surface area contributed by atoms with Gasteiger partial charge in [-0.25, -0.2) is 0 Å². The van der Waals surface area contributed by atoms with Crippen LogP contribution in [0.1, 0.15) is 13.8 Å². The minimum atomic E-state index is -0.501. The molecule has 3 rings (SSSR count). The van der Waals surface area contributed by atoms with Crippen LogP contribution >= 0.6 is 0 Å². The molecule has 0 aliphatic carbocycles. The minimum absolute atomic E-state index is 0.215. The Morgan fingerprint density at radius 1 is 1.13 bits per heavy atom. The van der Waals surface area contributed by atoms with Gasteiger partial charge in [-0.1, -0.05) is 30.3 Å². The van der Waals surface area contributed by atoms with Crippen molar-refractivity contribution in [3.05, 3.63) is 42.5 Å². The highest BCUT2D eigenvalue weighted by Crippen LogP contribution is 2.20. The van der Waals surface area contributed by atoms with Gasteiger partial charge < -0.3 is 14.6 Å². The molecule has 3 atom stereocenters. The molecule has 1 aliphatic heterocycles. The van der Waals surface area contributed by atoms with Crippen LogP contribution in [0.25, 0.3) is 10.8 Å². The Balaban J connectivity index is 1.52. The van der Waals surface area contributed by atoms with Gasteiger partial charge in [-0.15, -0.1) is 0 Å². The quantitative estimate of drug-likeness (QED) is 0.921.